The summed E-state index contributed by atoms with van der Waals surface area (Å²) in [4.78, 5) is 0. The summed E-state index contributed by atoms with van der Waals surface area (Å²) in [7, 11) is 0. The zero-order valence-corrected chi connectivity index (χ0v) is 8.63. The highest BCUT2D eigenvalue weighted by atomic mass is 16.5. The second kappa shape index (κ2) is 2.48. The standard InChI is InChI=1S/C11H17NO/c1-10(2)8(5-7-12)11(3)6-4-9(10)13-11/h8-9H,4-6H2,1-3H3/t8-,9-,11+/m0/s1. The topological polar surface area (TPSA) is 33.0 Å². The van der Waals surface area contributed by atoms with Crippen molar-refractivity contribution in [2.75, 3.05) is 0 Å². The van der Waals surface area contributed by atoms with Gasteiger partial charge in [-0.25, -0.2) is 0 Å². The zero-order valence-electron chi connectivity index (χ0n) is 8.63. The van der Waals surface area contributed by atoms with Gasteiger partial charge < -0.3 is 4.74 Å². The number of nitrogens with zero attached hydrogens (tertiary/aromatic N) is 1. The van der Waals surface area contributed by atoms with Crippen LogP contribution in [0.25, 0.3) is 0 Å². The number of nitriles is 1. The first-order valence-electron chi connectivity index (χ1n) is 5.05. The Bertz CT molecular complexity index is 261. The molecule has 0 amide bonds. The Balaban J connectivity index is 2.29. The van der Waals surface area contributed by atoms with Gasteiger partial charge in [-0.15, -0.1) is 0 Å². The number of hydrogen-bond acceptors (Lipinski definition) is 2. The summed E-state index contributed by atoms with van der Waals surface area (Å²) < 4.78 is 5.99. The molecule has 0 unspecified atom stereocenters. The van der Waals surface area contributed by atoms with Crippen molar-refractivity contribution in [2.45, 2.75) is 51.7 Å². The van der Waals surface area contributed by atoms with Crippen molar-refractivity contribution in [2.24, 2.45) is 11.3 Å². The third kappa shape index (κ3) is 1.03. The highest BCUT2D eigenvalue weighted by Crippen LogP contribution is 2.58. The van der Waals surface area contributed by atoms with Gasteiger partial charge >= 0.3 is 0 Å². The van der Waals surface area contributed by atoms with Gasteiger partial charge in [0.2, 0.25) is 0 Å². The predicted molar refractivity (Wildman–Crippen MR) is 50.0 cm³/mol. The number of rotatable bonds is 1. The van der Waals surface area contributed by atoms with E-state index < -0.39 is 0 Å². The van der Waals surface area contributed by atoms with Crippen LogP contribution in [0.4, 0.5) is 0 Å². The monoisotopic (exact) mass is 179 g/mol. The normalized spacial score (nSPS) is 46.3. The summed E-state index contributed by atoms with van der Waals surface area (Å²) in [5.41, 5.74) is 0.187. The lowest BCUT2D eigenvalue weighted by Gasteiger charge is -2.37. The van der Waals surface area contributed by atoms with E-state index in [1.807, 2.05) is 0 Å². The Kier molecular flexibility index (Phi) is 1.72. The molecule has 0 radical (unpaired) electrons. The first-order valence-corrected chi connectivity index (χ1v) is 5.05. The Morgan fingerprint density at radius 3 is 2.62 bits per heavy atom. The van der Waals surface area contributed by atoms with Gasteiger partial charge in [-0.1, -0.05) is 13.8 Å². The smallest absolute Gasteiger partial charge is 0.0703 e. The van der Waals surface area contributed by atoms with Crippen molar-refractivity contribution in [1.29, 1.82) is 5.26 Å². The molecule has 2 bridgehead atoms. The van der Waals surface area contributed by atoms with Crippen molar-refractivity contribution < 1.29 is 4.74 Å². The number of hydrogen-bond donors (Lipinski definition) is 0. The maximum atomic E-state index is 8.80. The lowest BCUT2D eigenvalue weighted by atomic mass is 9.63. The molecule has 2 aliphatic rings. The van der Waals surface area contributed by atoms with E-state index in [-0.39, 0.29) is 11.0 Å². The Morgan fingerprint density at radius 1 is 1.46 bits per heavy atom. The van der Waals surface area contributed by atoms with Crippen LogP contribution in [0.1, 0.15) is 40.0 Å². The summed E-state index contributed by atoms with van der Waals surface area (Å²) in [5, 5.41) is 8.80. The van der Waals surface area contributed by atoms with Crippen LogP contribution in [0.5, 0.6) is 0 Å². The fourth-order valence-corrected chi connectivity index (χ4v) is 3.22. The van der Waals surface area contributed by atoms with E-state index in [9.17, 15) is 0 Å². The van der Waals surface area contributed by atoms with Crippen LogP contribution in [0, 0.1) is 22.7 Å². The molecule has 0 spiro atoms. The summed E-state index contributed by atoms with van der Waals surface area (Å²) in [6, 6.07) is 2.30. The first-order chi connectivity index (χ1) is 6.00. The molecule has 13 heavy (non-hydrogen) atoms. The largest absolute Gasteiger partial charge is 0.371 e. The third-order valence-corrected chi connectivity index (χ3v) is 4.07. The molecule has 0 aromatic carbocycles. The highest BCUT2D eigenvalue weighted by molar-refractivity contribution is 5.10. The Morgan fingerprint density at radius 2 is 2.15 bits per heavy atom. The molecule has 2 rings (SSSR count). The van der Waals surface area contributed by atoms with Crippen LogP contribution in [-0.4, -0.2) is 11.7 Å². The van der Waals surface area contributed by atoms with Crippen LogP contribution in [-0.2, 0) is 4.74 Å². The molecule has 0 saturated carbocycles. The van der Waals surface area contributed by atoms with Crippen LogP contribution in [0.3, 0.4) is 0 Å². The molecule has 2 heterocycles. The third-order valence-electron chi connectivity index (χ3n) is 4.07. The Hall–Kier alpha value is -0.550. The first kappa shape index (κ1) is 9.02. The highest BCUT2D eigenvalue weighted by Gasteiger charge is 2.60. The van der Waals surface area contributed by atoms with Gasteiger partial charge in [0.05, 0.1) is 17.8 Å². The number of ether oxygens (including phenoxy) is 1. The van der Waals surface area contributed by atoms with Gasteiger partial charge in [0.25, 0.3) is 0 Å². The van der Waals surface area contributed by atoms with E-state index in [1.54, 1.807) is 0 Å². The predicted octanol–water partition coefficient (Wildman–Crippen LogP) is 2.49. The minimum Gasteiger partial charge on any atom is -0.371 e. The molecule has 2 saturated heterocycles. The van der Waals surface area contributed by atoms with Crippen LogP contribution >= 0.6 is 0 Å². The van der Waals surface area contributed by atoms with Gasteiger partial charge in [-0.2, -0.15) is 5.26 Å². The lowest BCUT2D eigenvalue weighted by Crippen LogP contribution is -2.40. The summed E-state index contributed by atoms with van der Waals surface area (Å²) >= 11 is 0. The van der Waals surface area contributed by atoms with Crippen molar-refractivity contribution in [3.8, 4) is 6.07 Å². The molecular weight excluding hydrogens is 162 g/mol. The molecule has 3 atom stereocenters. The minimum atomic E-state index is -0.0100. The van der Waals surface area contributed by atoms with E-state index in [1.165, 1.54) is 6.42 Å². The van der Waals surface area contributed by atoms with Gasteiger partial charge in [0, 0.05) is 12.3 Å². The molecule has 2 heteroatoms. The van der Waals surface area contributed by atoms with Crippen LogP contribution in [0.2, 0.25) is 0 Å². The molecule has 2 aliphatic heterocycles. The van der Waals surface area contributed by atoms with Crippen LogP contribution in [0.15, 0.2) is 0 Å². The Labute approximate surface area is 79.9 Å². The van der Waals surface area contributed by atoms with Crippen molar-refractivity contribution in [3.05, 3.63) is 0 Å². The van der Waals surface area contributed by atoms with Gasteiger partial charge in [0.15, 0.2) is 0 Å². The average Bonchev–Trinajstić information content (AvgIpc) is 2.50. The van der Waals surface area contributed by atoms with Crippen LogP contribution < -0.4 is 0 Å². The molecule has 2 fully saturated rings. The maximum Gasteiger partial charge on any atom is 0.0703 e. The fraction of sp³-hybridized carbons (Fsp3) is 0.909. The summed E-state index contributed by atoms with van der Waals surface area (Å²) in [5.74, 6) is 0.420. The van der Waals surface area contributed by atoms with E-state index in [0.717, 1.165) is 6.42 Å². The van der Waals surface area contributed by atoms with Gasteiger partial charge in [-0.3, -0.25) is 0 Å². The van der Waals surface area contributed by atoms with Crippen molar-refractivity contribution in [3.63, 3.8) is 0 Å². The van der Waals surface area contributed by atoms with E-state index in [2.05, 4.69) is 26.8 Å². The van der Waals surface area contributed by atoms with E-state index in [0.29, 0.717) is 18.4 Å². The van der Waals surface area contributed by atoms with E-state index in [4.69, 9.17) is 10.00 Å². The minimum absolute atomic E-state index is 0.0100. The summed E-state index contributed by atoms with van der Waals surface area (Å²) in [6.07, 6.45) is 3.33. The van der Waals surface area contributed by atoms with Gasteiger partial charge in [-0.05, 0) is 25.2 Å². The number of fused-ring (bicyclic) bond motifs is 2. The molecular formula is C11H17NO. The quantitative estimate of drug-likeness (QED) is 0.619. The van der Waals surface area contributed by atoms with Crippen molar-refractivity contribution in [1.82, 2.24) is 0 Å². The molecule has 0 aromatic rings. The second-order valence-electron chi connectivity index (χ2n) is 5.19. The van der Waals surface area contributed by atoms with Crippen molar-refractivity contribution >= 4 is 0 Å². The molecule has 0 N–H and O–H groups in total. The SMILES string of the molecule is CC1(C)[C@@H]2CC[C@@](C)(O2)[C@H]1CC#N. The second-order valence-corrected chi connectivity index (χ2v) is 5.19. The molecule has 0 aliphatic carbocycles. The lowest BCUT2D eigenvalue weighted by molar-refractivity contribution is 0.00664. The van der Waals surface area contributed by atoms with Gasteiger partial charge in [0.1, 0.15) is 0 Å². The molecule has 72 valence electrons. The molecule has 2 nitrogen and oxygen atoms in total. The average molecular weight is 179 g/mol. The zero-order chi connectivity index (χ0) is 9.69. The fourth-order valence-electron chi connectivity index (χ4n) is 3.22. The molecule has 0 aromatic heterocycles. The van der Waals surface area contributed by atoms with E-state index >= 15 is 0 Å². The summed E-state index contributed by atoms with van der Waals surface area (Å²) in [6.45, 7) is 6.65. The maximum absolute atomic E-state index is 8.80.